The summed E-state index contributed by atoms with van der Waals surface area (Å²) in [5, 5.41) is 14.4. The number of carboxylic acids is 1. The van der Waals surface area contributed by atoms with Gasteiger partial charge in [-0.15, -0.1) is 0 Å². The first-order valence-electron chi connectivity index (χ1n) is 6.52. The van der Waals surface area contributed by atoms with E-state index in [0.29, 0.717) is 16.5 Å². The van der Waals surface area contributed by atoms with Gasteiger partial charge in [0.05, 0.1) is 18.7 Å². The molecule has 1 amide bonds. The van der Waals surface area contributed by atoms with E-state index < -0.39 is 23.7 Å². The molecule has 0 bridgehead atoms. The van der Waals surface area contributed by atoms with Gasteiger partial charge in [0.25, 0.3) is 0 Å². The van der Waals surface area contributed by atoms with Crippen LogP contribution in [0.3, 0.4) is 0 Å². The predicted octanol–water partition coefficient (Wildman–Crippen LogP) is 1.53. The molecule has 1 aromatic rings. The lowest BCUT2D eigenvalue weighted by Gasteiger charge is -2.29. The van der Waals surface area contributed by atoms with Crippen LogP contribution in [0, 0.1) is 11.8 Å². The molecule has 6 heteroatoms. The number of hydrogen-bond donors (Lipinski definition) is 1. The monoisotopic (exact) mass is 308 g/mol. The lowest BCUT2D eigenvalue weighted by Crippen LogP contribution is -2.42. The number of amides is 1. The molecule has 21 heavy (non-hydrogen) atoms. The first kappa shape index (κ1) is 15.4. The number of methoxy groups -OCH3 is 1. The van der Waals surface area contributed by atoms with Crippen LogP contribution in [-0.2, 0) is 9.59 Å². The van der Waals surface area contributed by atoms with E-state index in [1.54, 1.807) is 30.3 Å². The summed E-state index contributed by atoms with van der Waals surface area (Å²) >= 11 is 5.93. The Morgan fingerprint density at radius 3 is 2.71 bits per heavy atom. The Labute approximate surface area is 127 Å². The fourth-order valence-electron chi connectivity index (χ4n) is 2.36. The zero-order valence-electron chi connectivity index (χ0n) is 11.5. The van der Waals surface area contributed by atoms with Crippen LogP contribution in [0.15, 0.2) is 35.4 Å². The van der Waals surface area contributed by atoms with Crippen molar-refractivity contribution in [3.05, 3.63) is 35.4 Å². The number of carbonyl (C=O) groups excluding carboxylic acids is 2. The zero-order valence-corrected chi connectivity index (χ0v) is 12.2. The normalized spacial score (nSPS) is 21.3. The van der Waals surface area contributed by atoms with Gasteiger partial charge in [-0.25, -0.2) is 0 Å². The minimum atomic E-state index is -1.24. The van der Waals surface area contributed by atoms with Gasteiger partial charge in [-0.1, -0.05) is 29.8 Å². The Balaban J connectivity index is 2.18. The number of rotatable bonds is 4. The Morgan fingerprint density at radius 1 is 1.33 bits per heavy atom. The van der Waals surface area contributed by atoms with Crippen molar-refractivity contribution in [1.82, 2.24) is 0 Å². The average molecular weight is 309 g/mol. The maximum Gasteiger partial charge on any atom is 0.228 e. The van der Waals surface area contributed by atoms with E-state index in [1.807, 2.05) is 0 Å². The fourth-order valence-corrected chi connectivity index (χ4v) is 2.62. The summed E-state index contributed by atoms with van der Waals surface area (Å²) in [6, 6.07) is 6.92. The quantitative estimate of drug-likeness (QED) is 0.915. The lowest BCUT2D eigenvalue weighted by molar-refractivity contribution is -0.313. The van der Waals surface area contributed by atoms with Crippen molar-refractivity contribution < 1.29 is 19.4 Å². The number of aliphatic carboxylic acids is 1. The number of anilines is 1. The highest BCUT2D eigenvalue weighted by molar-refractivity contribution is 6.29. The molecule has 112 valence electrons. The van der Waals surface area contributed by atoms with Crippen LogP contribution in [0.4, 0.5) is 5.69 Å². The summed E-state index contributed by atoms with van der Waals surface area (Å²) in [5.41, 5.74) is 0.493. The minimum Gasteiger partial charge on any atom is -0.550 e. The molecule has 1 aliphatic rings. The average Bonchev–Trinajstić information content (AvgIpc) is 2.47. The number of hydrogen-bond acceptors (Lipinski definition) is 4. The minimum absolute atomic E-state index is 0.196. The number of para-hydroxylation sites is 2. The molecule has 0 aromatic heterocycles. The van der Waals surface area contributed by atoms with Crippen LogP contribution in [0.2, 0.25) is 0 Å². The third-order valence-electron chi connectivity index (χ3n) is 3.50. The summed E-state index contributed by atoms with van der Waals surface area (Å²) in [4.78, 5) is 23.5. The molecule has 0 unspecified atom stereocenters. The SMILES string of the molecule is COc1ccccc1NC(=O)[C@H]1CC(Cl)=CC[C@@H]1C(=O)[O-]. The van der Waals surface area contributed by atoms with E-state index in [0.717, 1.165) is 0 Å². The maximum atomic E-state index is 12.4. The number of carboxylic acid groups (broad SMARTS) is 1. The third kappa shape index (κ3) is 3.55. The van der Waals surface area contributed by atoms with Gasteiger partial charge >= 0.3 is 0 Å². The highest BCUT2D eigenvalue weighted by atomic mass is 35.5. The Morgan fingerprint density at radius 2 is 2.05 bits per heavy atom. The smallest absolute Gasteiger partial charge is 0.228 e. The van der Waals surface area contributed by atoms with Crippen molar-refractivity contribution in [2.45, 2.75) is 12.8 Å². The molecule has 1 N–H and O–H groups in total. The largest absolute Gasteiger partial charge is 0.550 e. The zero-order chi connectivity index (χ0) is 15.4. The van der Waals surface area contributed by atoms with Gasteiger partial charge in [-0.05, 0) is 25.0 Å². The van der Waals surface area contributed by atoms with E-state index in [-0.39, 0.29) is 12.8 Å². The molecule has 0 spiro atoms. The molecule has 0 saturated carbocycles. The molecular weight excluding hydrogens is 294 g/mol. The molecule has 2 atom stereocenters. The van der Waals surface area contributed by atoms with E-state index in [1.165, 1.54) is 7.11 Å². The number of carbonyl (C=O) groups is 2. The summed E-state index contributed by atoms with van der Waals surface area (Å²) in [7, 11) is 1.50. The number of ether oxygens (including phenoxy) is 1. The van der Waals surface area contributed by atoms with E-state index in [2.05, 4.69) is 5.32 Å². The summed E-state index contributed by atoms with van der Waals surface area (Å²) in [6.07, 6.45) is 2.02. The van der Waals surface area contributed by atoms with E-state index >= 15 is 0 Å². The highest BCUT2D eigenvalue weighted by Crippen LogP contribution is 2.33. The van der Waals surface area contributed by atoms with E-state index in [9.17, 15) is 14.7 Å². The molecular formula is C15H15ClNO4-. The second-order valence-electron chi connectivity index (χ2n) is 4.81. The third-order valence-corrected chi connectivity index (χ3v) is 3.81. The second-order valence-corrected chi connectivity index (χ2v) is 5.30. The summed E-state index contributed by atoms with van der Waals surface area (Å²) in [6.45, 7) is 0. The Hall–Kier alpha value is -2.01. The van der Waals surface area contributed by atoms with Crippen molar-refractivity contribution in [3.8, 4) is 5.75 Å². The number of halogens is 1. The molecule has 0 radical (unpaired) electrons. The summed E-state index contributed by atoms with van der Waals surface area (Å²) < 4.78 is 5.15. The van der Waals surface area contributed by atoms with Gasteiger partial charge in [-0.3, -0.25) is 4.79 Å². The molecule has 5 nitrogen and oxygen atoms in total. The van der Waals surface area contributed by atoms with Crippen LogP contribution >= 0.6 is 11.6 Å². The second kappa shape index (κ2) is 6.63. The maximum absolute atomic E-state index is 12.4. The van der Waals surface area contributed by atoms with Crippen molar-refractivity contribution in [2.24, 2.45) is 11.8 Å². The van der Waals surface area contributed by atoms with Gasteiger partial charge in [0.15, 0.2) is 0 Å². The van der Waals surface area contributed by atoms with Crippen molar-refractivity contribution in [3.63, 3.8) is 0 Å². The number of allylic oxidation sites excluding steroid dienone is 2. The van der Waals surface area contributed by atoms with Gasteiger partial charge in [-0.2, -0.15) is 0 Å². The topological polar surface area (TPSA) is 78.5 Å². The van der Waals surface area contributed by atoms with Crippen molar-refractivity contribution in [1.29, 1.82) is 0 Å². The number of benzene rings is 1. The Bertz CT molecular complexity index is 585. The van der Waals surface area contributed by atoms with Crippen molar-refractivity contribution >= 4 is 29.2 Å². The molecule has 0 fully saturated rings. The molecule has 0 saturated heterocycles. The van der Waals surface area contributed by atoms with Crippen LogP contribution < -0.4 is 15.2 Å². The number of nitrogens with one attached hydrogen (secondary N) is 1. The standard InChI is InChI=1S/C15H16ClNO4/c1-21-13-5-3-2-4-12(13)17-14(18)11-8-9(16)6-7-10(11)15(19)20/h2-6,10-11H,7-8H2,1H3,(H,17,18)(H,19,20)/p-1/t10-,11-/m0/s1. The molecule has 1 aliphatic carbocycles. The molecule has 1 aromatic carbocycles. The summed E-state index contributed by atoms with van der Waals surface area (Å²) in [5.74, 6) is -2.76. The molecule has 0 heterocycles. The van der Waals surface area contributed by atoms with Gasteiger partial charge in [0.2, 0.25) is 5.91 Å². The first-order chi connectivity index (χ1) is 10.0. The van der Waals surface area contributed by atoms with Crippen molar-refractivity contribution in [2.75, 3.05) is 12.4 Å². The van der Waals surface area contributed by atoms with Crippen LogP contribution in [0.5, 0.6) is 5.75 Å². The van der Waals surface area contributed by atoms with Gasteiger partial charge < -0.3 is 20.0 Å². The van der Waals surface area contributed by atoms with Crippen LogP contribution in [0.25, 0.3) is 0 Å². The lowest BCUT2D eigenvalue weighted by atomic mass is 9.82. The molecule has 2 rings (SSSR count). The van der Waals surface area contributed by atoms with Crippen LogP contribution in [0.1, 0.15) is 12.8 Å². The molecule has 0 aliphatic heterocycles. The van der Waals surface area contributed by atoms with E-state index in [4.69, 9.17) is 16.3 Å². The fraction of sp³-hybridized carbons (Fsp3) is 0.333. The predicted molar refractivity (Wildman–Crippen MR) is 76.8 cm³/mol. The highest BCUT2D eigenvalue weighted by Gasteiger charge is 2.32. The van der Waals surface area contributed by atoms with Gasteiger partial charge in [0, 0.05) is 16.9 Å². The Kier molecular flexibility index (Phi) is 4.85. The van der Waals surface area contributed by atoms with Crippen LogP contribution in [-0.4, -0.2) is 19.0 Å². The first-order valence-corrected chi connectivity index (χ1v) is 6.90. The van der Waals surface area contributed by atoms with Gasteiger partial charge in [0.1, 0.15) is 5.75 Å².